The van der Waals surface area contributed by atoms with Crippen LogP contribution in [0, 0.1) is 0 Å². The summed E-state index contributed by atoms with van der Waals surface area (Å²) in [4.78, 5) is 10.5. The van der Waals surface area contributed by atoms with Crippen LogP contribution in [0.4, 0.5) is 4.79 Å². The molecule has 0 aliphatic carbocycles. The van der Waals surface area contributed by atoms with E-state index in [-0.39, 0.29) is 6.10 Å². The predicted molar refractivity (Wildman–Crippen MR) is 67.5 cm³/mol. The summed E-state index contributed by atoms with van der Waals surface area (Å²) in [5.74, 6) is 0.638. The van der Waals surface area contributed by atoms with Crippen LogP contribution in [0.25, 0.3) is 0 Å². The van der Waals surface area contributed by atoms with Crippen molar-refractivity contribution in [3.63, 3.8) is 0 Å². The van der Waals surface area contributed by atoms with Gasteiger partial charge in [0.05, 0.1) is 12.3 Å². The van der Waals surface area contributed by atoms with Gasteiger partial charge in [0.15, 0.2) is 0 Å². The average molecular weight is 256 g/mol. The zero-order valence-electron chi connectivity index (χ0n) is 9.61. The number of benzene rings is 1. The highest BCUT2D eigenvalue weighted by atomic mass is 35.5. The first-order valence-electron chi connectivity index (χ1n) is 5.03. The molecule has 0 aromatic heterocycles. The second kappa shape index (κ2) is 6.10. The monoisotopic (exact) mass is 255 g/mol. The molecule has 3 N–H and O–H groups in total. The highest BCUT2D eigenvalue weighted by molar-refractivity contribution is 6.30. The van der Waals surface area contributed by atoms with Gasteiger partial charge >= 0.3 is 6.03 Å². The maximum Gasteiger partial charge on any atom is 0.332 e. The first-order valence-corrected chi connectivity index (χ1v) is 5.41. The standard InChI is InChI=1S/C11H14ClN3O2/c1-7(2)17-10-4-3-9(12)5-8(10)6-14-15-11(13)16/h3-7H,1-2H3,(H3,13,15,16). The molecule has 0 unspecified atom stereocenters. The Labute approximate surface area is 105 Å². The van der Waals surface area contributed by atoms with Crippen LogP contribution in [0.2, 0.25) is 5.02 Å². The van der Waals surface area contributed by atoms with Crippen molar-refractivity contribution in [2.75, 3.05) is 0 Å². The third kappa shape index (κ3) is 4.74. The van der Waals surface area contributed by atoms with E-state index in [2.05, 4.69) is 10.5 Å². The Kier molecular flexibility index (Phi) is 4.78. The van der Waals surface area contributed by atoms with Gasteiger partial charge in [-0.1, -0.05) is 11.6 Å². The third-order valence-corrected chi connectivity index (χ3v) is 1.95. The van der Waals surface area contributed by atoms with Gasteiger partial charge in [0.2, 0.25) is 0 Å². The summed E-state index contributed by atoms with van der Waals surface area (Å²) in [7, 11) is 0. The molecule has 1 aromatic carbocycles. The number of ether oxygens (including phenoxy) is 1. The van der Waals surface area contributed by atoms with Crippen LogP contribution in [0.5, 0.6) is 5.75 Å². The van der Waals surface area contributed by atoms with Gasteiger partial charge in [0.1, 0.15) is 5.75 Å². The summed E-state index contributed by atoms with van der Waals surface area (Å²) >= 11 is 5.87. The van der Waals surface area contributed by atoms with E-state index >= 15 is 0 Å². The molecule has 0 aliphatic heterocycles. The number of rotatable bonds is 4. The molecule has 2 amide bonds. The summed E-state index contributed by atoms with van der Waals surface area (Å²) in [6.45, 7) is 3.83. The molecule has 0 atom stereocenters. The lowest BCUT2D eigenvalue weighted by atomic mass is 10.2. The molecule has 0 bridgehead atoms. The first-order chi connectivity index (χ1) is 7.99. The maximum absolute atomic E-state index is 10.5. The number of primary amides is 1. The topological polar surface area (TPSA) is 76.7 Å². The van der Waals surface area contributed by atoms with Crippen molar-refractivity contribution in [1.29, 1.82) is 0 Å². The van der Waals surface area contributed by atoms with Crippen molar-refractivity contribution in [3.05, 3.63) is 28.8 Å². The molecule has 0 saturated carbocycles. The highest BCUT2D eigenvalue weighted by Gasteiger charge is 2.04. The van der Waals surface area contributed by atoms with Gasteiger partial charge in [0.25, 0.3) is 0 Å². The van der Waals surface area contributed by atoms with Gasteiger partial charge in [-0.3, -0.25) is 0 Å². The van der Waals surface area contributed by atoms with Crippen molar-refractivity contribution in [1.82, 2.24) is 5.43 Å². The fourth-order valence-electron chi connectivity index (χ4n) is 1.15. The lowest BCUT2D eigenvalue weighted by Crippen LogP contribution is -2.24. The average Bonchev–Trinajstić information content (AvgIpc) is 2.21. The summed E-state index contributed by atoms with van der Waals surface area (Å²) < 4.78 is 5.56. The van der Waals surface area contributed by atoms with Crippen LogP contribution in [0.15, 0.2) is 23.3 Å². The third-order valence-electron chi connectivity index (χ3n) is 1.71. The number of urea groups is 1. The van der Waals surface area contributed by atoms with Gasteiger partial charge < -0.3 is 10.5 Å². The molecule has 0 saturated heterocycles. The number of nitrogens with zero attached hydrogens (tertiary/aromatic N) is 1. The lowest BCUT2D eigenvalue weighted by molar-refractivity contribution is 0.242. The van der Waals surface area contributed by atoms with Gasteiger partial charge in [-0.25, -0.2) is 10.2 Å². The quantitative estimate of drug-likeness (QED) is 0.639. The molecule has 0 heterocycles. The number of halogens is 1. The molecule has 0 fully saturated rings. The zero-order chi connectivity index (χ0) is 12.8. The molecule has 0 radical (unpaired) electrons. The van der Waals surface area contributed by atoms with Crippen molar-refractivity contribution in [2.24, 2.45) is 10.8 Å². The lowest BCUT2D eigenvalue weighted by Gasteiger charge is -2.12. The Hall–Kier alpha value is -1.75. The maximum atomic E-state index is 10.5. The van der Waals surface area contributed by atoms with E-state index < -0.39 is 6.03 Å². The molecule has 6 heteroatoms. The van der Waals surface area contributed by atoms with E-state index in [1.165, 1.54) is 6.21 Å². The van der Waals surface area contributed by atoms with Crippen LogP contribution in [-0.2, 0) is 0 Å². The Morgan fingerprint density at radius 3 is 2.88 bits per heavy atom. The number of hydrogen-bond donors (Lipinski definition) is 2. The summed E-state index contributed by atoms with van der Waals surface area (Å²) in [5, 5.41) is 4.22. The van der Waals surface area contributed by atoms with E-state index in [1.807, 2.05) is 13.8 Å². The molecule has 92 valence electrons. The molecule has 0 aliphatic rings. The summed E-state index contributed by atoms with van der Waals surface area (Å²) in [5.41, 5.74) is 7.65. The number of nitrogens with two attached hydrogens (primary N) is 1. The molecule has 1 rings (SSSR count). The second-order valence-electron chi connectivity index (χ2n) is 3.58. The molecule has 5 nitrogen and oxygen atoms in total. The van der Waals surface area contributed by atoms with Crippen molar-refractivity contribution in [3.8, 4) is 5.75 Å². The minimum absolute atomic E-state index is 0.0347. The summed E-state index contributed by atoms with van der Waals surface area (Å²) in [6.07, 6.45) is 1.46. The van der Waals surface area contributed by atoms with E-state index in [4.69, 9.17) is 22.1 Å². The smallest absolute Gasteiger partial charge is 0.332 e. The fraction of sp³-hybridized carbons (Fsp3) is 0.273. The molecular weight excluding hydrogens is 242 g/mol. The normalized spacial score (nSPS) is 10.8. The minimum Gasteiger partial charge on any atom is -0.490 e. The number of hydrogen-bond acceptors (Lipinski definition) is 3. The number of carbonyl (C=O) groups is 1. The van der Waals surface area contributed by atoms with E-state index in [9.17, 15) is 4.79 Å². The van der Waals surface area contributed by atoms with E-state index in [1.54, 1.807) is 18.2 Å². The molecule has 1 aromatic rings. The zero-order valence-corrected chi connectivity index (χ0v) is 10.4. The summed E-state index contributed by atoms with van der Waals surface area (Å²) in [6, 6.07) is 4.42. The van der Waals surface area contributed by atoms with E-state index in [0.717, 1.165) is 0 Å². The van der Waals surface area contributed by atoms with Crippen molar-refractivity contribution in [2.45, 2.75) is 20.0 Å². The van der Waals surface area contributed by atoms with Crippen LogP contribution < -0.4 is 15.9 Å². The Bertz CT molecular complexity index is 433. The number of carbonyl (C=O) groups excluding carboxylic acids is 1. The van der Waals surface area contributed by atoms with Crippen LogP contribution in [0.3, 0.4) is 0 Å². The molecular formula is C11H14ClN3O2. The van der Waals surface area contributed by atoms with Crippen molar-refractivity contribution >= 4 is 23.8 Å². The molecule has 0 spiro atoms. The van der Waals surface area contributed by atoms with Crippen LogP contribution in [-0.4, -0.2) is 18.3 Å². The predicted octanol–water partition coefficient (Wildman–Crippen LogP) is 2.13. The Balaban J connectivity index is 2.90. The van der Waals surface area contributed by atoms with Gasteiger partial charge in [-0.15, -0.1) is 0 Å². The van der Waals surface area contributed by atoms with Crippen LogP contribution in [0.1, 0.15) is 19.4 Å². The number of hydrazone groups is 1. The van der Waals surface area contributed by atoms with Crippen molar-refractivity contribution < 1.29 is 9.53 Å². The SMILES string of the molecule is CC(C)Oc1ccc(Cl)cc1C=NNC(N)=O. The second-order valence-corrected chi connectivity index (χ2v) is 4.02. The fourth-order valence-corrected chi connectivity index (χ4v) is 1.33. The molecule has 17 heavy (non-hydrogen) atoms. The van der Waals surface area contributed by atoms with Gasteiger partial charge in [-0.2, -0.15) is 5.10 Å². The largest absolute Gasteiger partial charge is 0.490 e. The minimum atomic E-state index is -0.727. The Morgan fingerprint density at radius 2 is 2.29 bits per heavy atom. The number of amides is 2. The van der Waals surface area contributed by atoms with Gasteiger partial charge in [-0.05, 0) is 32.0 Å². The highest BCUT2D eigenvalue weighted by Crippen LogP contribution is 2.22. The van der Waals surface area contributed by atoms with Gasteiger partial charge in [0, 0.05) is 10.6 Å². The number of nitrogens with one attached hydrogen (secondary N) is 1. The Morgan fingerprint density at radius 1 is 1.59 bits per heavy atom. The van der Waals surface area contributed by atoms with Crippen LogP contribution >= 0.6 is 11.6 Å². The van der Waals surface area contributed by atoms with E-state index in [0.29, 0.717) is 16.3 Å². The first kappa shape index (κ1) is 13.3.